The van der Waals surface area contributed by atoms with E-state index in [0.29, 0.717) is 25.9 Å². The Morgan fingerprint density at radius 1 is 1.11 bits per heavy atom. The molecule has 1 saturated heterocycles. The van der Waals surface area contributed by atoms with Crippen LogP contribution >= 0.6 is 0 Å². The first-order valence-electron chi connectivity index (χ1n) is 6.74. The average molecular weight is 268 g/mol. The lowest BCUT2D eigenvalue weighted by Crippen LogP contribution is -2.45. The number of likely N-dealkylation sites (N-methyl/N-ethyl adjacent to an activating group) is 1. The molecular weight excluding hydrogens is 248 g/mol. The van der Waals surface area contributed by atoms with Gasteiger partial charge in [0.25, 0.3) is 0 Å². The number of rotatable bonds is 4. The molecule has 6 heteroatoms. The molecule has 0 unspecified atom stereocenters. The molecule has 0 aromatic carbocycles. The fourth-order valence-electron chi connectivity index (χ4n) is 2.40. The number of piperidine rings is 1. The first-order chi connectivity index (χ1) is 8.99. The summed E-state index contributed by atoms with van der Waals surface area (Å²) in [5.74, 6) is -1.03. The maximum atomic E-state index is 12.0. The van der Waals surface area contributed by atoms with Crippen LogP contribution in [-0.4, -0.2) is 59.4 Å². The van der Waals surface area contributed by atoms with Crippen LogP contribution in [0.25, 0.3) is 0 Å². The molecule has 1 aliphatic carbocycles. The molecule has 1 saturated carbocycles. The average Bonchev–Trinajstić information content (AvgIpc) is 3.22. The molecule has 1 aliphatic heterocycles. The summed E-state index contributed by atoms with van der Waals surface area (Å²) in [7, 11) is 1.66. The number of carbonyl (C=O) groups is 3. The highest BCUT2D eigenvalue weighted by Crippen LogP contribution is 2.30. The molecule has 0 bridgehead atoms. The lowest BCUT2D eigenvalue weighted by molar-refractivity contribution is -0.146. The molecule has 2 amide bonds. The van der Waals surface area contributed by atoms with E-state index < -0.39 is 5.97 Å². The van der Waals surface area contributed by atoms with Gasteiger partial charge in [-0.15, -0.1) is 0 Å². The van der Waals surface area contributed by atoms with E-state index in [-0.39, 0.29) is 30.2 Å². The van der Waals surface area contributed by atoms with Crippen LogP contribution in [0.4, 0.5) is 0 Å². The van der Waals surface area contributed by atoms with E-state index in [0.717, 1.165) is 12.8 Å². The summed E-state index contributed by atoms with van der Waals surface area (Å²) in [5.41, 5.74) is 0. The van der Waals surface area contributed by atoms with Crippen molar-refractivity contribution in [3.05, 3.63) is 0 Å². The SMILES string of the molecule is CN(CC(=O)N1CCC(C(=O)O)CC1)C(=O)C1CC1. The predicted molar refractivity (Wildman–Crippen MR) is 67.3 cm³/mol. The molecule has 1 heterocycles. The highest BCUT2D eigenvalue weighted by molar-refractivity contribution is 5.87. The third-order valence-corrected chi connectivity index (χ3v) is 3.87. The Hall–Kier alpha value is -1.59. The summed E-state index contributed by atoms with van der Waals surface area (Å²) in [4.78, 5) is 37.7. The number of aliphatic carboxylic acids is 1. The van der Waals surface area contributed by atoms with E-state index in [2.05, 4.69) is 0 Å². The second-order valence-electron chi connectivity index (χ2n) is 5.46. The zero-order valence-electron chi connectivity index (χ0n) is 11.2. The fourth-order valence-corrected chi connectivity index (χ4v) is 2.40. The number of hydrogen-bond donors (Lipinski definition) is 1. The summed E-state index contributed by atoms with van der Waals surface area (Å²) < 4.78 is 0. The maximum Gasteiger partial charge on any atom is 0.306 e. The van der Waals surface area contributed by atoms with Gasteiger partial charge in [0.05, 0.1) is 12.5 Å². The molecule has 2 rings (SSSR count). The van der Waals surface area contributed by atoms with E-state index in [1.807, 2.05) is 0 Å². The molecule has 1 N–H and O–H groups in total. The van der Waals surface area contributed by atoms with E-state index in [4.69, 9.17) is 5.11 Å². The third kappa shape index (κ3) is 3.45. The summed E-state index contributed by atoms with van der Waals surface area (Å²) in [6.45, 7) is 1.05. The highest BCUT2D eigenvalue weighted by Gasteiger charge is 2.33. The van der Waals surface area contributed by atoms with Crippen molar-refractivity contribution in [3.8, 4) is 0 Å². The summed E-state index contributed by atoms with van der Waals surface area (Å²) >= 11 is 0. The van der Waals surface area contributed by atoms with E-state index in [9.17, 15) is 14.4 Å². The van der Waals surface area contributed by atoms with Crippen molar-refractivity contribution >= 4 is 17.8 Å². The molecule has 0 radical (unpaired) electrons. The largest absolute Gasteiger partial charge is 0.481 e. The van der Waals surface area contributed by atoms with Crippen LogP contribution in [-0.2, 0) is 14.4 Å². The van der Waals surface area contributed by atoms with Gasteiger partial charge < -0.3 is 14.9 Å². The Morgan fingerprint density at radius 2 is 1.68 bits per heavy atom. The molecular formula is C13H20N2O4. The van der Waals surface area contributed by atoms with Gasteiger partial charge in [-0.25, -0.2) is 0 Å². The Kier molecular flexibility index (Phi) is 4.07. The van der Waals surface area contributed by atoms with Crippen molar-refractivity contribution in [1.82, 2.24) is 9.80 Å². The number of carboxylic acid groups (broad SMARTS) is 1. The second kappa shape index (κ2) is 5.59. The lowest BCUT2D eigenvalue weighted by Gasteiger charge is -2.31. The molecule has 106 valence electrons. The number of amides is 2. The molecule has 6 nitrogen and oxygen atoms in total. The number of nitrogens with zero attached hydrogens (tertiary/aromatic N) is 2. The summed E-state index contributed by atoms with van der Waals surface area (Å²) in [6, 6.07) is 0. The quantitative estimate of drug-likeness (QED) is 0.789. The van der Waals surface area contributed by atoms with Gasteiger partial charge in [-0.1, -0.05) is 0 Å². The minimum Gasteiger partial charge on any atom is -0.481 e. The van der Waals surface area contributed by atoms with Gasteiger partial charge in [0.1, 0.15) is 0 Å². The van der Waals surface area contributed by atoms with Crippen molar-refractivity contribution in [2.45, 2.75) is 25.7 Å². The van der Waals surface area contributed by atoms with Gasteiger partial charge in [0, 0.05) is 26.1 Å². The maximum absolute atomic E-state index is 12.0. The molecule has 19 heavy (non-hydrogen) atoms. The van der Waals surface area contributed by atoms with Crippen molar-refractivity contribution in [1.29, 1.82) is 0 Å². The van der Waals surface area contributed by atoms with Crippen molar-refractivity contribution in [3.63, 3.8) is 0 Å². The zero-order valence-corrected chi connectivity index (χ0v) is 11.2. The van der Waals surface area contributed by atoms with Crippen LogP contribution < -0.4 is 0 Å². The molecule has 2 fully saturated rings. The van der Waals surface area contributed by atoms with Gasteiger partial charge in [0.2, 0.25) is 11.8 Å². The molecule has 0 spiro atoms. The van der Waals surface area contributed by atoms with Crippen molar-refractivity contribution < 1.29 is 19.5 Å². The van der Waals surface area contributed by atoms with E-state index >= 15 is 0 Å². The lowest BCUT2D eigenvalue weighted by atomic mass is 9.97. The van der Waals surface area contributed by atoms with Crippen LogP contribution in [0.3, 0.4) is 0 Å². The minimum absolute atomic E-state index is 0.0498. The van der Waals surface area contributed by atoms with Crippen molar-refractivity contribution in [2.24, 2.45) is 11.8 Å². The first-order valence-corrected chi connectivity index (χ1v) is 6.74. The Labute approximate surface area is 112 Å². The number of carboxylic acids is 1. The van der Waals surface area contributed by atoms with Gasteiger partial charge in [-0.3, -0.25) is 14.4 Å². The normalized spacial score (nSPS) is 20.2. The number of likely N-dealkylation sites (tertiary alicyclic amines) is 1. The topological polar surface area (TPSA) is 77.9 Å². The van der Waals surface area contributed by atoms with Gasteiger partial charge in [0.15, 0.2) is 0 Å². The van der Waals surface area contributed by atoms with Crippen molar-refractivity contribution in [2.75, 3.05) is 26.7 Å². The standard InChI is InChI=1S/C13H20N2O4/c1-14(12(17)9-2-3-9)8-11(16)15-6-4-10(5-7-15)13(18)19/h9-10H,2-8H2,1H3,(H,18,19). The van der Waals surface area contributed by atoms with Crippen LogP contribution in [0.5, 0.6) is 0 Å². The van der Waals surface area contributed by atoms with Crippen LogP contribution in [0.2, 0.25) is 0 Å². The molecule has 0 aromatic heterocycles. The van der Waals surface area contributed by atoms with Gasteiger partial charge >= 0.3 is 5.97 Å². The zero-order chi connectivity index (χ0) is 14.0. The second-order valence-corrected chi connectivity index (χ2v) is 5.46. The smallest absolute Gasteiger partial charge is 0.306 e. The van der Waals surface area contributed by atoms with Crippen LogP contribution in [0, 0.1) is 11.8 Å². The fraction of sp³-hybridized carbons (Fsp3) is 0.769. The van der Waals surface area contributed by atoms with E-state index in [1.54, 1.807) is 11.9 Å². The third-order valence-electron chi connectivity index (χ3n) is 3.87. The monoisotopic (exact) mass is 268 g/mol. The summed E-state index contributed by atoms with van der Waals surface area (Å²) in [5, 5.41) is 8.89. The predicted octanol–water partition coefficient (Wildman–Crippen LogP) is 0.178. The molecule has 0 atom stereocenters. The van der Waals surface area contributed by atoms with Gasteiger partial charge in [-0.2, -0.15) is 0 Å². The minimum atomic E-state index is -0.784. The van der Waals surface area contributed by atoms with Gasteiger partial charge in [-0.05, 0) is 25.7 Å². The molecule has 2 aliphatic rings. The Morgan fingerprint density at radius 3 is 2.16 bits per heavy atom. The first kappa shape index (κ1) is 13.8. The summed E-state index contributed by atoms with van der Waals surface area (Å²) in [6.07, 6.45) is 2.87. The Balaban J connectivity index is 1.77. The van der Waals surface area contributed by atoms with Crippen LogP contribution in [0.1, 0.15) is 25.7 Å². The Bertz CT molecular complexity index is 384. The van der Waals surface area contributed by atoms with E-state index in [1.165, 1.54) is 4.90 Å². The van der Waals surface area contributed by atoms with Crippen LogP contribution in [0.15, 0.2) is 0 Å². The molecule has 0 aromatic rings. The highest BCUT2D eigenvalue weighted by atomic mass is 16.4. The number of carbonyl (C=O) groups excluding carboxylic acids is 2. The number of hydrogen-bond acceptors (Lipinski definition) is 3.